The van der Waals surface area contributed by atoms with E-state index in [-0.39, 0.29) is 5.97 Å². The first-order valence-corrected chi connectivity index (χ1v) is 17.0. The summed E-state index contributed by atoms with van der Waals surface area (Å²) in [6, 6.07) is 35.7. The van der Waals surface area contributed by atoms with E-state index in [1.165, 1.54) is 69.6 Å². The number of hydrogen-bond donors (Lipinski definition) is 1. The Kier molecular flexibility index (Phi) is 9.03. The maximum atomic E-state index is 12.4. The molecule has 1 aliphatic carbocycles. The van der Waals surface area contributed by atoms with Crippen molar-refractivity contribution in [2.24, 2.45) is 0 Å². The first kappa shape index (κ1) is 32.0. The van der Waals surface area contributed by atoms with Gasteiger partial charge in [-0.25, -0.2) is 4.79 Å². The SMILES string of the molecule is COC(=O)c1cc(C2CC2)cnc1Cc1ccc2c(ccn2Cc2ccccc2)c1C.Cc1c(N)ccc2c1ccn2Cc1ccccc1. The molecule has 0 aliphatic heterocycles. The van der Waals surface area contributed by atoms with Crippen molar-refractivity contribution in [3.8, 4) is 0 Å². The number of fused-ring (bicyclic) bond motifs is 2. The summed E-state index contributed by atoms with van der Waals surface area (Å²) in [5.41, 5.74) is 17.9. The van der Waals surface area contributed by atoms with Crippen LogP contribution in [-0.4, -0.2) is 27.2 Å². The molecule has 0 atom stereocenters. The summed E-state index contributed by atoms with van der Waals surface area (Å²) in [5.74, 6) is 0.241. The number of hydrogen-bond acceptors (Lipinski definition) is 4. The van der Waals surface area contributed by atoms with Crippen LogP contribution >= 0.6 is 0 Å². The molecule has 0 radical (unpaired) electrons. The van der Waals surface area contributed by atoms with Crippen LogP contribution in [0.3, 0.4) is 0 Å². The summed E-state index contributed by atoms with van der Waals surface area (Å²) in [6.45, 7) is 5.97. The fourth-order valence-corrected chi connectivity index (χ4v) is 6.69. The van der Waals surface area contributed by atoms with Gasteiger partial charge in [-0.2, -0.15) is 0 Å². The van der Waals surface area contributed by atoms with Crippen LogP contribution in [0.15, 0.2) is 122 Å². The summed E-state index contributed by atoms with van der Waals surface area (Å²) < 4.78 is 9.59. The highest BCUT2D eigenvalue weighted by Crippen LogP contribution is 2.40. The van der Waals surface area contributed by atoms with Gasteiger partial charge in [-0.15, -0.1) is 0 Å². The molecule has 0 bridgehead atoms. The number of pyridine rings is 1. The number of rotatable bonds is 8. The molecular weight excluding hydrogens is 604 g/mol. The lowest BCUT2D eigenvalue weighted by molar-refractivity contribution is 0.0599. The van der Waals surface area contributed by atoms with E-state index in [4.69, 9.17) is 10.5 Å². The number of aromatic nitrogens is 3. The number of nitrogens with zero attached hydrogens (tertiary/aromatic N) is 3. The number of carbonyl (C=O) groups excluding carboxylic acids is 1. The normalized spacial score (nSPS) is 12.6. The van der Waals surface area contributed by atoms with Crippen molar-refractivity contribution in [1.82, 2.24) is 14.1 Å². The minimum Gasteiger partial charge on any atom is -0.465 e. The summed E-state index contributed by atoms with van der Waals surface area (Å²) in [7, 11) is 1.43. The molecule has 0 spiro atoms. The zero-order valence-electron chi connectivity index (χ0n) is 28.4. The second-order valence-corrected chi connectivity index (χ2v) is 13.1. The van der Waals surface area contributed by atoms with Crippen molar-refractivity contribution < 1.29 is 9.53 Å². The van der Waals surface area contributed by atoms with Crippen molar-refractivity contribution in [1.29, 1.82) is 0 Å². The smallest absolute Gasteiger partial charge is 0.339 e. The average Bonchev–Trinajstić information content (AvgIpc) is 3.79. The number of nitrogen functional groups attached to an aromatic ring is 1. The van der Waals surface area contributed by atoms with E-state index < -0.39 is 0 Å². The Balaban J connectivity index is 0.000000178. The number of aryl methyl sites for hydroxylation is 2. The van der Waals surface area contributed by atoms with Gasteiger partial charge < -0.3 is 19.6 Å². The van der Waals surface area contributed by atoms with Gasteiger partial charge in [0, 0.05) is 65.6 Å². The fraction of sp³-hybridized carbons (Fsp3) is 0.209. The third kappa shape index (κ3) is 6.86. The average molecular weight is 647 g/mol. The molecule has 1 fully saturated rings. The molecule has 0 amide bonds. The van der Waals surface area contributed by atoms with E-state index in [1.54, 1.807) is 0 Å². The molecule has 1 saturated carbocycles. The van der Waals surface area contributed by atoms with Gasteiger partial charge in [0.25, 0.3) is 0 Å². The quantitative estimate of drug-likeness (QED) is 0.132. The largest absolute Gasteiger partial charge is 0.465 e. The van der Waals surface area contributed by atoms with E-state index in [1.807, 2.05) is 30.5 Å². The van der Waals surface area contributed by atoms with E-state index >= 15 is 0 Å². The number of methoxy groups -OCH3 is 1. The number of ether oxygens (including phenoxy) is 1. The van der Waals surface area contributed by atoms with E-state index in [2.05, 4.69) is 119 Å². The summed E-state index contributed by atoms with van der Waals surface area (Å²) in [6.07, 6.45) is 9.18. The van der Waals surface area contributed by atoms with Gasteiger partial charge in [0.15, 0.2) is 0 Å². The molecule has 3 aromatic heterocycles. The number of benzene rings is 4. The molecule has 3 heterocycles. The highest BCUT2D eigenvalue weighted by molar-refractivity contribution is 5.91. The van der Waals surface area contributed by atoms with Crippen LogP contribution in [-0.2, 0) is 24.2 Å². The molecule has 8 rings (SSSR count). The third-order valence-corrected chi connectivity index (χ3v) is 9.79. The first-order valence-electron chi connectivity index (χ1n) is 17.0. The van der Waals surface area contributed by atoms with Gasteiger partial charge in [0.2, 0.25) is 0 Å². The number of anilines is 1. The third-order valence-electron chi connectivity index (χ3n) is 9.79. The van der Waals surface area contributed by atoms with Gasteiger partial charge in [-0.05, 0) is 102 Å². The molecule has 0 saturated heterocycles. The van der Waals surface area contributed by atoms with Crippen LogP contribution in [0.2, 0.25) is 0 Å². The Bertz CT molecular complexity index is 2250. The maximum Gasteiger partial charge on any atom is 0.339 e. The molecule has 6 heteroatoms. The van der Waals surface area contributed by atoms with Crippen molar-refractivity contribution in [2.75, 3.05) is 12.8 Å². The number of nitrogens with two attached hydrogens (primary N) is 1. The molecule has 6 nitrogen and oxygen atoms in total. The standard InChI is InChI=1S/C27H26N2O2.C16H16N2/c1-18-21(15-25-24(27(30)31-2)14-22(16-28-25)20-8-9-20)10-11-26-23(18)12-13-29(26)17-19-6-4-3-5-7-19;1-12-14-9-10-18(16(14)8-7-15(12)17)11-13-5-3-2-4-6-13/h3-7,10-14,16,20H,8-9,15,17H2,1-2H3;2-10H,11,17H2,1H3. The predicted molar refractivity (Wildman–Crippen MR) is 199 cm³/mol. The lowest BCUT2D eigenvalue weighted by Gasteiger charge is -2.12. The molecule has 0 unspecified atom stereocenters. The summed E-state index contributed by atoms with van der Waals surface area (Å²) in [5, 5.41) is 2.48. The summed E-state index contributed by atoms with van der Waals surface area (Å²) in [4.78, 5) is 17.1. The van der Waals surface area contributed by atoms with E-state index in [0.29, 0.717) is 17.9 Å². The summed E-state index contributed by atoms with van der Waals surface area (Å²) >= 11 is 0. The molecule has 7 aromatic rings. The minimum atomic E-state index is -0.308. The minimum absolute atomic E-state index is 0.308. The van der Waals surface area contributed by atoms with Crippen LogP contribution in [0.4, 0.5) is 5.69 Å². The van der Waals surface area contributed by atoms with Crippen LogP contribution in [0.5, 0.6) is 0 Å². The molecule has 4 aromatic carbocycles. The first-order chi connectivity index (χ1) is 23.9. The van der Waals surface area contributed by atoms with Gasteiger partial charge >= 0.3 is 5.97 Å². The van der Waals surface area contributed by atoms with Gasteiger partial charge in [-0.3, -0.25) is 4.98 Å². The van der Waals surface area contributed by atoms with Crippen molar-refractivity contribution in [3.05, 3.63) is 166 Å². The van der Waals surface area contributed by atoms with Gasteiger partial charge in [0.05, 0.1) is 18.4 Å². The van der Waals surface area contributed by atoms with Crippen LogP contribution in [0.1, 0.15) is 68.2 Å². The molecule has 1 aliphatic rings. The second kappa shape index (κ2) is 13.9. The van der Waals surface area contributed by atoms with Crippen LogP contribution in [0, 0.1) is 13.8 Å². The maximum absolute atomic E-state index is 12.4. The zero-order chi connectivity index (χ0) is 33.9. The number of carbonyl (C=O) groups is 1. The highest BCUT2D eigenvalue weighted by atomic mass is 16.5. The number of esters is 1. The Labute approximate surface area is 287 Å². The Morgan fingerprint density at radius 1 is 0.776 bits per heavy atom. The van der Waals surface area contributed by atoms with Crippen molar-refractivity contribution in [3.63, 3.8) is 0 Å². The molecule has 49 heavy (non-hydrogen) atoms. The predicted octanol–water partition coefficient (Wildman–Crippen LogP) is 9.23. The van der Waals surface area contributed by atoms with Gasteiger partial charge in [0.1, 0.15) is 0 Å². The van der Waals surface area contributed by atoms with Crippen LogP contribution in [0.25, 0.3) is 21.8 Å². The lowest BCUT2D eigenvalue weighted by Crippen LogP contribution is -2.10. The second-order valence-electron chi connectivity index (χ2n) is 13.1. The fourth-order valence-electron chi connectivity index (χ4n) is 6.69. The molecule has 2 N–H and O–H groups in total. The molecular formula is C43H42N4O2. The van der Waals surface area contributed by atoms with Crippen molar-refractivity contribution >= 4 is 33.5 Å². The Morgan fingerprint density at radius 2 is 1.35 bits per heavy atom. The lowest BCUT2D eigenvalue weighted by atomic mass is 9.97. The van der Waals surface area contributed by atoms with E-state index in [9.17, 15) is 4.79 Å². The van der Waals surface area contributed by atoms with E-state index in [0.717, 1.165) is 30.0 Å². The Morgan fingerprint density at radius 3 is 1.92 bits per heavy atom. The topological polar surface area (TPSA) is 75.1 Å². The van der Waals surface area contributed by atoms with Gasteiger partial charge in [-0.1, -0.05) is 66.7 Å². The zero-order valence-corrected chi connectivity index (χ0v) is 28.4. The Hall–Kier alpha value is -5.62. The van der Waals surface area contributed by atoms with Crippen molar-refractivity contribution in [2.45, 2.75) is 52.1 Å². The molecule has 246 valence electrons. The monoisotopic (exact) mass is 646 g/mol. The van der Waals surface area contributed by atoms with Crippen LogP contribution < -0.4 is 5.73 Å². The highest BCUT2D eigenvalue weighted by Gasteiger charge is 2.26.